The van der Waals surface area contributed by atoms with Crippen LogP contribution in [0.2, 0.25) is 0 Å². The van der Waals surface area contributed by atoms with E-state index < -0.39 is 10.0 Å². The zero-order valence-electron chi connectivity index (χ0n) is 34.6. The predicted octanol–water partition coefficient (Wildman–Crippen LogP) is 8.34. The average molecular weight is 760 g/mol. The molecule has 12 atom stereocenters. The van der Waals surface area contributed by atoms with Crippen LogP contribution in [-0.2, 0) is 14.8 Å². The summed E-state index contributed by atoms with van der Waals surface area (Å²) in [5, 5.41) is 7.93. The van der Waals surface area contributed by atoms with Crippen molar-refractivity contribution >= 4 is 21.6 Å². The second kappa shape index (κ2) is 13.3. The van der Waals surface area contributed by atoms with Crippen molar-refractivity contribution in [1.29, 1.82) is 0 Å². The number of esters is 1. The van der Waals surface area contributed by atoms with Crippen LogP contribution in [-0.4, -0.2) is 69.8 Å². The van der Waals surface area contributed by atoms with Gasteiger partial charge >= 0.3 is 5.97 Å². The van der Waals surface area contributed by atoms with E-state index in [9.17, 15) is 13.2 Å². The Morgan fingerprint density at radius 1 is 0.944 bits per heavy atom. The minimum Gasteiger partial charge on any atom is -0.465 e. The summed E-state index contributed by atoms with van der Waals surface area (Å²) in [5.74, 6) is 4.00. The second-order valence-electron chi connectivity index (χ2n) is 20.6. The van der Waals surface area contributed by atoms with Gasteiger partial charge in [0.1, 0.15) is 0 Å². The van der Waals surface area contributed by atoms with Crippen LogP contribution in [0.15, 0.2) is 42.5 Å². The Hall–Kier alpha value is -2.00. The molecule has 2 N–H and O–H groups in total. The van der Waals surface area contributed by atoms with Crippen LogP contribution in [0.3, 0.4) is 0 Å². The van der Waals surface area contributed by atoms with Gasteiger partial charge in [-0.1, -0.05) is 65.0 Å². The number of hydrogen-bond donors (Lipinski definition) is 2. The Balaban J connectivity index is 0.999. The minimum atomic E-state index is -3.15. The fourth-order valence-electron chi connectivity index (χ4n) is 15.3. The molecule has 8 heteroatoms. The lowest BCUT2D eigenvalue weighted by atomic mass is 9.33. The molecule has 8 rings (SSSR count). The summed E-state index contributed by atoms with van der Waals surface area (Å²) >= 11 is 0. The summed E-state index contributed by atoms with van der Waals surface area (Å²) < 4.78 is 31.6. The first-order valence-electron chi connectivity index (χ1n) is 21.4. The first kappa shape index (κ1) is 38.9. The summed E-state index contributed by atoms with van der Waals surface area (Å²) in [6, 6.07) is 8.23. The molecule has 54 heavy (non-hydrogen) atoms. The van der Waals surface area contributed by atoms with Crippen molar-refractivity contribution in [3.05, 3.63) is 53.6 Å². The smallest absolute Gasteiger partial charge is 0.337 e. The molecule has 0 radical (unpaired) electrons. The molecule has 1 unspecified atom stereocenters. The van der Waals surface area contributed by atoms with Gasteiger partial charge in [0.05, 0.1) is 18.9 Å². The van der Waals surface area contributed by atoms with Crippen molar-refractivity contribution in [3.8, 4) is 0 Å². The Morgan fingerprint density at radius 2 is 1.69 bits per heavy atom. The number of methoxy groups -OCH3 is 1. The molecule has 6 aliphatic carbocycles. The van der Waals surface area contributed by atoms with Gasteiger partial charge in [0.25, 0.3) is 0 Å². The van der Waals surface area contributed by atoms with Crippen molar-refractivity contribution in [2.75, 3.05) is 39.5 Å². The van der Waals surface area contributed by atoms with Crippen LogP contribution < -0.4 is 10.6 Å². The van der Waals surface area contributed by atoms with Crippen LogP contribution in [0.4, 0.5) is 0 Å². The Labute approximate surface area is 327 Å². The summed E-state index contributed by atoms with van der Waals surface area (Å²) in [6.07, 6.45) is 16.5. The van der Waals surface area contributed by atoms with E-state index in [4.69, 9.17) is 4.74 Å². The molecule has 1 saturated heterocycles. The highest BCUT2D eigenvalue weighted by molar-refractivity contribution is 7.88. The summed E-state index contributed by atoms with van der Waals surface area (Å²) in [4.78, 5) is 12.2. The van der Waals surface area contributed by atoms with E-state index in [0.29, 0.717) is 53.5 Å². The first-order valence-corrected chi connectivity index (χ1v) is 23.2. The van der Waals surface area contributed by atoms with Gasteiger partial charge in [-0.2, -0.15) is 4.31 Å². The van der Waals surface area contributed by atoms with Crippen molar-refractivity contribution in [1.82, 2.24) is 14.9 Å². The average Bonchev–Trinajstić information content (AvgIpc) is 3.63. The number of ether oxygens (including phenoxy) is 1. The number of piperidine rings is 1. The number of benzene rings is 1. The molecule has 5 saturated carbocycles. The summed E-state index contributed by atoms with van der Waals surface area (Å²) in [6.45, 7) is 23.3. The van der Waals surface area contributed by atoms with E-state index in [2.05, 4.69) is 77.0 Å². The molecule has 1 aromatic rings. The van der Waals surface area contributed by atoms with E-state index in [1.807, 2.05) is 12.1 Å². The standard InChI is InChI=1S/C46H69N3O4S/c1-29(2)33-16-21-46(48-25-24-47-27-37-34-26-32(34)28-49(37)54(9,51)52)23-22-44(6)36(40(33)46)14-15-39-43(5)19-17-35(30-10-12-31(13-11-30)41(50)53-8)42(3,4)38(43)18-20-45(39,44)7/h10-13,17,32-34,36-40,47-48H,1,14-16,18-28H2,2-9H3/t32-,33-,34?,36+,37+,38-,39+,40+,43-,44+,45+,46-/m0/s1. The molecule has 1 heterocycles. The monoisotopic (exact) mass is 760 g/mol. The van der Waals surface area contributed by atoms with Crippen LogP contribution in [0.25, 0.3) is 5.57 Å². The molecule has 0 bridgehead atoms. The Kier molecular flexibility index (Phi) is 9.55. The van der Waals surface area contributed by atoms with Gasteiger partial charge < -0.3 is 15.4 Å². The number of rotatable bonds is 10. The van der Waals surface area contributed by atoms with Gasteiger partial charge in [0.15, 0.2) is 0 Å². The van der Waals surface area contributed by atoms with Crippen LogP contribution in [0.1, 0.15) is 122 Å². The number of sulfonamides is 1. The topological polar surface area (TPSA) is 87.7 Å². The predicted molar refractivity (Wildman–Crippen MR) is 218 cm³/mol. The maximum Gasteiger partial charge on any atom is 0.337 e. The van der Waals surface area contributed by atoms with E-state index in [-0.39, 0.29) is 39.2 Å². The third-order valence-corrected chi connectivity index (χ3v) is 19.3. The maximum absolute atomic E-state index is 12.4. The van der Waals surface area contributed by atoms with Gasteiger partial charge in [0.2, 0.25) is 10.0 Å². The first-order chi connectivity index (χ1) is 25.4. The summed E-state index contributed by atoms with van der Waals surface area (Å²) in [5.41, 5.74) is 5.67. The van der Waals surface area contributed by atoms with Crippen molar-refractivity contribution in [3.63, 3.8) is 0 Å². The fourth-order valence-corrected chi connectivity index (χ4v) is 16.5. The normalized spacial score (nSPS) is 43.5. The van der Waals surface area contributed by atoms with Crippen molar-refractivity contribution in [2.24, 2.45) is 63.1 Å². The molecular weight excluding hydrogens is 691 g/mol. The van der Waals surface area contributed by atoms with Crippen molar-refractivity contribution in [2.45, 2.75) is 117 Å². The van der Waals surface area contributed by atoms with E-state index in [0.717, 1.165) is 26.1 Å². The number of nitrogens with one attached hydrogen (secondary N) is 2. The van der Waals surface area contributed by atoms with Gasteiger partial charge in [-0.15, -0.1) is 0 Å². The quantitative estimate of drug-likeness (QED) is 0.142. The van der Waals surface area contributed by atoms with E-state index in [1.54, 1.807) is 4.31 Å². The minimum absolute atomic E-state index is 0.0379. The van der Waals surface area contributed by atoms with Gasteiger partial charge in [-0.25, -0.2) is 13.2 Å². The van der Waals surface area contributed by atoms with E-state index >= 15 is 0 Å². The highest BCUT2D eigenvalue weighted by atomic mass is 32.2. The Morgan fingerprint density at radius 3 is 2.37 bits per heavy atom. The number of allylic oxidation sites excluding steroid dienone is 3. The van der Waals surface area contributed by atoms with Gasteiger partial charge in [-0.05, 0) is 157 Å². The van der Waals surface area contributed by atoms with Gasteiger partial charge in [0, 0.05) is 37.8 Å². The van der Waals surface area contributed by atoms with Crippen LogP contribution in [0.5, 0.6) is 0 Å². The molecule has 1 aromatic carbocycles. The molecular formula is C46H69N3O4S. The third kappa shape index (κ3) is 5.79. The van der Waals surface area contributed by atoms with Crippen LogP contribution in [0, 0.1) is 63.1 Å². The van der Waals surface area contributed by atoms with E-state index in [1.165, 1.54) is 87.9 Å². The highest BCUT2D eigenvalue weighted by Gasteiger charge is 2.70. The zero-order valence-corrected chi connectivity index (χ0v) is 35.4. The number of hydrogen-bond acceptors (Lipinski definition) is 6. The van der Waals surface area contributed by atoms with Gasteiger partial charge in [-0.3, -0.25) is 0 Å². The molecule has 0 spiro atoms. The lowest BCUT2D eigenvalue weighted by Crippen LogP contribution is -2.68. The lowest BCUT2D eigenvalue weighted by Gasteiger charge is -2.72. The molecule has 0 amide bonds. The molecule has 0 aromatic heterocycles. The molecule has 1 aliphatic heterocycles. The van der Waals surface area contributed by atoms with Crippen molar-refractivity contribution < 1.29 is 17.9 Å². The van der Waals surface area contributed by atoms with Crippen LogP contribution >= 0.6 is 0 Å². The summed E-state index contributed by atoms with van der Waals surface area (Å²) in [7, 11) is -1.71. The SMILES string of the molecule is C=C(C)[C@@H]1CC[C@]2(NCCNC[C@@H]3C4C[C@H]4CN3S(C)(=O)=O)CC[C@]3(C)[C@H](CC[C@@H]4[C@@]5(C)CC=C(c6ccc(C(=O)OC)cc6)C(C)(C)[C@@H]5CC[C@]43C)[C@@H]12. The highest BCUT2D eigenvalue weighted by Crippen LogP contribution is 2.76. The molecule has 6 fully saturated rings. The maximum atomic E-state index is 12.4. The third-order valence-electron chi connectivity index (χ3n) is 18.1. The lowest BCUT2D eigenvalue weighted by molar-refractivity contribution is -0.219. The number of fused-ring (bicyclic) bond motifs is 8. The molecule has 298 valence electrons. The zero-order chi connectivity index (χ0) is 38.6. The number of carbonyl (C=O) groups is 1. The fraction of sp³-hybridized carbons (Fsp3) is 0.761. The number of carbonyl (C=O) groups excluding carboxylic acids is 1. The largest absolute Gasteiger partial charge is 0.465 e. The Bertz CT molecular complexity index is 1810. The number of nitrogens with zero attached hydrogens (tertiary/aromatic N) is 1. The molecule has 7 aliphatic rings. The second-order valence-corrected chi connectivity index (χ2v) is 22.6. The molecule has 7 nitrogen and oxygen atoms in total.